The van der Waals surface area contributed by atoms with Gasteiger partial charge in [0.15, 0.2) is 23.0 Å². The molecule has 0 saturated carbocycles. The number of halogens is 1. The number of benzene rings is 1. The molecule has 1 aromatic rings. The number of hydrogen-bond acceptors (Lipinski definition) is 8. The van der Waals surface area contributed by atoms with Crippen LogP contribution in [0.5, 0.6) is 11.5 Å². The largest absolute Gasteiger partial charge is 0.462 e. The Morgan fingerprint density at radius 2 is 1.76 bits per heavy atom. The van der Waals surface area contributed by atoms with Gasteiger partial charge in [-0.1, -0.05) is 0 Å². The maximum Gasteiger partial charge on any atom is 0.229 e. The molecule has 5 unspecified atom stereocenters. The number of rotatable bonds is 8. The van der Waals surface area contributed by atoms with E-state index in [4.69, 9.17) is 30.9 Å². The Labute approximate surface area is 167 Å². The number of ether oxygens (including phenoxy) is 5. The molecule has 0 amide bonds. The highest BCUT2D eigenvalue weighted by atomic mass is 127. The van der Waals surface area contributed by atoms with Gasteiger partial charge in [-0.3, -0.25) is 0 Å². The fourth-order valence-corrected chi connectivity index (χ4v) is 3.33. The normalized spacial score (nSPS) is 29.4. The van der Waals surface area contributed by atoms with Crippen molar-refractivity contribution in [1.82, 2.24) is 0 Å². The predicted octanol–water partition coefficient (Wildman–Crippen LogP) is 2.73. The van der Waals surface area contributed by atoms with Crippen molar-refractivity contribution in [1.29, 1.82) is 0 Å². The first-order valence-electron chi connectivity index (χ1n) is 7.65. The topological polar surface area (TPSA) is 64.6 Å². The van der Waals surface area contributed by atoms with E-state index in [1.807, 2.05) is 48.1 Å². The standard InChI is InChI=1S/C16H23IO7S/c1-9-7-10(24-17)5-6-11(9)22-16-15(20-4)14(19-3)13(18-2)12(23-16)8-21-25/h5-7,12-16,25H,8H2,1-4H3. The van der Waals surface area contributed by atoms with Crippen LogP contribution < -0.4 is 7.80 Å². The third-order valence-corrected chi connectivity index (χ3v) is 4.78. The number of thiol groups is 1. The molecule has 1 aliphatic rings. The molecule has 7 nitrogen and oxygen atoms in total. The summed E-state index contributed by atoms with van der Waals surface area (Å²) in [7, 11) is 4.77. The molecule has 0 radical (unpaired) electrons. The summed E-state index contributed by atoms with van der Waals surface area (Å²) in [5.74, 6) is 1.41. The lowest BCUT2D eigenvalue weighted by atomic mass is 9.98. The van der Waals surface area contributed by atoms with Crippen LogP contribution in [0.15, 0.2) is 18.2 Å². The monoisotopic (exact) mass is 486 g/mol. The minimum atomic E-state index is -0.695. The highest BCUT2D eigenvalue weighted by Gasteiger charge is 2.48. The van der Waals surface area contributed by atoms with Crippen LogP contribution in [-0.2, 0) is 23.1 Å². The molecule has 0 bridgehead atoms. The van der Waals surface area contributed by atoms with Gasteiger partial charge in [0.25, 0.3) is 0 Å². The fourth-order valence-electron chi connectivity index (χ4n) is 2.91. The number of methoxy groups -OCH3 is 3. The molecule has 0 spiro atoms. The van der Waals surface area contributed by atoms with Crippen LogP contribution in [0.4, 0.5) is 0 Å². The van der Waals surface area contributed by atoms with Crippen molar-refractivity contribution in [3.05, 3.63) is 23.8 Å². The molecule has 5 atom stereocenters. The summed E-state index contributed by atoms with van der Waals surface area (Å²) in [6, 6.07) is 5.53. The maximum absolute atomic E-state index is 6.07. The van der Waals surface area contributed by atoms with Gasteiger partial charge in [-0.25, -0.2) is 0 Å². The summed E-state index contributed by atoms with van der Waals surface area (Å²) in [5, 5.41) is 0. The van der Waals surface area contributed by atoms with Gasteiger partial charge < -0.3 is 30.9 Å². The van der Waals surface area contributed by atoms with Crippen LogP contribution in [0, 0.1) is 6.92 Å². The molecule has 0 N–H and O–H groups in total. The van der Waals surface area contributed by atoms with E-state index in [0.29, 0.717) is 5.75 Å². The van der Waals surface area contributed by atoms with Gasteiger partial charge in [0, 0.05) is 21.3 Å². The van der Waals surface area contributed by atoms with Gasteiger partial charge in [-0.05, 0) is 43.6 Å². The van der Waals surface area contributed by atoms with E-state index >= 15 is 0 Å². The average Bonchev–Trinajstić information content (AvgIpc) is 2.62. The van der Waals surface area contributed by atoms with Crippen LogP contribution in [0.25, 0.3) is 0 Å². The minimum Gasteiger partial charge on any atom is -0.462 e. The molecule has 2 rings (SSSR count). The second-order valence-corrected chi connectivity index (χ2v) is 6.26. The summed E-state index contributed by atoms with van der Waals surface area (Å²) in [4.78, 5) is 0. The van der Waals surface area contributed by atoms with Gasteiger partial charge in [0.2, 0.25) is 6.29 Å². The molecule has 1 aliphatic heterocycles. The molecule has 0 aromatic heterocycles. The number of aryl methyl sites for hydroxylation is 1. The summed E-state index contributed by atoms with van der Waals surface area (Å²) >= 11 is 5.65. The quantitative estimate of drug-likeness (QED) is 0.345. The second kappa shape index (κ2) is 10.1. The molecule has 9 heteroatoms. The zero-order valence-corrected chi connectivity index (χ0v) is 17.6. The van der Waals surface area contributed by atoms with E-state index in [2.05, 4.69) is 12.9 Å². The highest BCUT2D eigenvalue weighted by molar-refractivity contribution is 14.1. The summed E-state index contributed by atoms with van der Waals surface area (Å²) in [6.07, 6.45) is -2.36. The highest BCUT2D eigenvalue weighted by Crippen LogP contribution is 2.31. The third-order valence-electron chi connectivity index (χ3n) is 4.13. The van der Waals surface area contributed by atoms with Gasteiger partial charge in [0.05, 0.1) is 6.61 Å². The van der Waals surface area contributed by atoms with E-state index in [1.54, 1.807) is 21.3 Å². The van der Waals surface area contributed by atoms with Crippen LogP contribution in [0.2, 0.25) is 0 Å². The van der Waals surface area contributed by atoms with Crippen molar-refractivity contribution in [2.24, 2.45) is 0 Å². The Kier molecular flexibility index (Phi) is 8.52. The first kappa shape index (κ1) is 21.0. The van der Waals surface area contributed by atoms with Crippen molar-refractivity contribution in [2.75, 3.05) is 27.9 Å². The van der Waals surface area contributed by atoms with Crippen LogP contribution in [0.1, 0.15) is 5.56 Å². The lowest BCUT2D eigenvalue weighted by molar-refractivity contribution is -0.289. The van der Waals surface area contributed by atoms with Gasteiger partial charge in [-0.15, -0.1) is 0 Å². The van der Waals surface area contributed by atoms with Crippen molar-refractivity contribution >= 4 is 35.9 Å². The molecular formula is C16H23IO7S. The van der Waals surface area contributed by atoms with Gasteiger partial charge in [0.1, 0.15) is 35.9 Å². The number of hydrogen-bond donors (Lipinski definition) is 1. The second-order valence-electron chi connectivity index (χ2n) is 5.56. The molecule has 1 aromatic carbocycles. The molecule has 142 valence electrons. The Morgan fingerprint density at radius 3 is 2.28 bits per heavy atom. The van der Waals surface area contributed by atoms with Crippen LogP contribution in [0.3, 0.4) is 0 Å². The van der Waals surface area contributed by atoms with Gasteiger partial charge >= 0.3 is 0 Å². The first-order valence-corrected chi connectivity index (χ1v) is 8.90. The zero-order valence-electron chi connectivity index (χ0n) is 14.5. The Balaban J connectivity index is 2.24. The molecule has 0 aliphatic carbocycles. The Morgan fingerprint density at radius 1 is 1.08 bits per heavy atom. The van der Waals surface area contributed by atoms with Crippen molar-refractivity contribution < 1.29 is 30.9 Å². The summed E-state index contributed by atoms with van der Waals surface area (Å²) in [5.41, 5.74) is 0.914. The smallest absolute Gasteiger partial charge is 0.229 e. The minimum absolute atomic E-state index is 0.221. The van der Waals surface area contributed by atoms with E-state index in [1.165, 1.54) is 0 Å². The van der Waals surface area contributed by atoms with E-state index < -0.39 is 18.5 Å². The van der Waals surface area contributed by atoms with Crippen molar-refractivity contribution in [2.45, 2.75) is 37.6 Å². The Hall–Kier alpha value is -0.300. The molecule has 1 heterocycles. The fraction of sp³-hybridized carbons (Fsp3) is 0.625. The van der Waals surface area contributed by atoms with E-state index in [-0.39, 0.29) is 18.8 Å². The molecule has 1 fully saturated rings. The van der Waals surface area contributed by atoms with Crippen LogP contribution in [-0.4, -0.2) is 58.6 Å². The maximum atomic E-state index is 6.07. The summed E-state index contributed by atoms with van der Waals surface area (Å²) in [6.45, 7) is 2.15. The molecule has 1 saturated heterocycles. The third kappa shape index (κ3) is 4.90. The molecular weight excluding hydrogens is 463 g/mol. The first-order chi connectivity index (χ1) is 12.1. The van der Waals surface area contributed by atoms with E-state index in [0.717, 1.165) is 11.3 Å². The lowest BCUT2D eigenvalue weighted by Gasteiger charge is -2.44. The Bertz CT molecular complexity index is 547. The van der Waals surface area contributed by atoms with Crippen molar-refractivity contribution in [3.63, 3.8) is 0 Å². The predicted molar refractivity (Wildman–Crippen MR) is 102 cm³/mol. The van der Waals surface area contributed by atoms with Gasteiger partial charge in [-0.2, -0.15) is 0 Å². The molecule has 25 heavy (non-hydrogen) atoms. The zero-order chi connectivity index (χ0) is 18.4. The summed E-state index contributed by atoms with van der Waals surface area (Å²) < 4.78 is 38.9. The van der Waals surface area contributed by atoms with Crippen molar-refractivity contribution in [3.8, 4) is 11.5 Å². The SMILES string of the molecule is COC1C(COS)OC(Oc2ccc(OI)cc2C)C(OC)C1OC. The van der Waals surface area contributed by atoms with Crippen LogP contribution >= 0.6 is 35.9 Å². The lowest BCUT2D eigenvalue weighted by Crippen LogP contribution is -2.61. The van der Waals surface area contributed by atoms with E-state index in [9.17, 15) is 0 Å². The average molecular weight is 486 g/mol.